The van der Waals surface area contributed by atoms with Crippen LogP contribution in [0.15, 0.2) is 0 Å². The molecule has 0 spiro atoms. The van der Waals surface area contributed by atoms with E-state index in [1.54, 1.807) is 0 Å². The zero-order valence-corrected chi connectivity index (χ0v) is 12.6. The molecule has 2 fully saturated rings. The van der Waals surface area contributed by atoms with Crippen molar-refractivity contribution >= 4 is 11.8 Å². The van der Waals surface area contributed by atoms with Crippen LogP contribution in [0, 0.1) is 0 Å². The van der Waals surface area contributed by atoms with E-state index >= 15 is 0 Å². The maximum Gasteiger partial charge on any atom is 0.0613 e. The number of nitrogens with one attached hydrogen (secondary N) is 1. The summed E-state index contributed by atoms with van der Waals surface area (Å²) >= 11 is 2.15. The van der Waals surface area contributed by atoms with Crippen molar-refractivity contribution in [3.05, 3.63) is 0 Å². The van der Waals surface area contributed by atoms with Crippen LogP contribution in [0.1, 0.15) is 64.7 Å². The van der Waals surface area contributed by atoms with E-state index in [1.165, 1.54) is 63.5 Å². The third-order valence-corrected chi connectivity index (χ3v) is 5.69. The van der Waals surface area contributed by atoms with Crippen molar-refractivity contribution in [1.29, 1.82) is 0 Å². The van der Waals surface area contributed by atoms with Crippen LogP contribution in [0.25, 0.3) is 0 Å². The molecule has 0 saturated heterocycles. The van der Waals surface area contributed by atoms with E-state index in [0.717, 1.165) is 5.25 Å². The van der Waals surface area contributed by atoms with Crippen molar-refractivity contribution in [2.45, 2.75) is 81.5 Å². The Morgan fingerprint density at radius 3 is 2.78 bits per heavy atom. The molecule has 2 nitrogen and oxygen atoms in total. The van der Waals surface area contributed by atoms with E-state index in [9.17, 15) is 5.11 Å². The average molecular weight is 271 g/mol. The van der Waals surface area contributed by atoms with Crippen molar-refractivity contribution in [2.75, 3.05) is 12.4 Å². The predicted octanol–water partition coefficient (Wildman–Crippen LogP) is 3.34. The summed E-state index contributed by atoms with van der Waals surface area (Å²) in [5.41, 5.74) is 0.0574. The molecule has 106 valence electrons. The number of aliphatic hydroxyl groups is 1. The van der Waals surface area contributed by atoms with Gasteiger partial charge in [0.2, 0.25) is 0 Å². The number of thioether (sulfide) groups is 1. The second-order valence-electron chi connectivity index (χ2n) is 6.15. The summed E-state index contributed by atoms with van der Waals surface area (Å²) in [6.07, 6.45) is 11.7. The standard InChI is InChI=1S/C15H29NOS/c1-2-3-4-10-18-14-6-5-9-15(11-14,12-17)16-13-7-8-13/h13-14,16-17H,2-12H2,1H3. The third-order valence-electron chi connectivity index (χ3n) is 4.29. The van der Waals surface area contributed by atoms with Crippen LogP contribution in [0.4, 0.5) is 0 Å². The minimum atomic E-state index is 0.0574. The molecule has 0 heterocycles. The molecule has 0 aliphatic heterocycles. The fourth-order valence-corrected chi connectivity index (χ4v) is 4.51. The van der Waals surface area contributed by atoms with Gasteiger partial charge in [-0.3, -0.25) is 0 Å². The minimum absolute atomic E-state index is 0.0574. The highest BCUT2D eigenvalue weighted by molar-refractivity contribution is 7.99. The molecule has 2 atom stereocenters. The summed E-state index contributed by atoms with van der Waals surface area (Å²) in [5.74, 6) is 1.31. The Morgan fingerprint density at radius 1 is 1.28 bits per heavy atom. The van der Waals surface area contributed by atoms with Crippen molar-refractivity contribution in [3.8, 4) is 0 Å². The first-order valence-corrected chi connectivity index (χ1v) is 8.83. The molecule has 0 aromatic rings. The Morgan fingerprint density at radius 2 is 2.11 bits per heavy atom. The highest BCUT2D eigenvalue weighted by atomic mass is 32.2. The first-order valence-electron chi connectivity index (χ1n) is 7.78. The van der Waals surface area contributed by atoms with Crippen LogP contribution in [-0.4, -0.2) is 34.3 Å². The number of unbranched alkanes of at least 4 members (excludes halogenated alkanes) is 2. The lowest BCUT2D eigenvalue weighted by Crippen LogP contribution is -2.53. The summed E-state index contributed by atoms with van der Waals surface area (Å²) in [7, 11) is 0. The fraction of sp³-hybridized carbons (Fsp3) is 1.00. The summed E-state index contributed by atoms with van der Waals surface area (Å²) < 4.78 is 0. The molecule has 0 aromatic heterocycles. The molecule has 2 rings (SSSR count). The van der Waals surface area contributed by atoms with Gasteiger partial charge in [0, 0.05) is 16.8 Å². The van der Waals surface area contributed by atoms with E-state index in [1.807, 2.05) is 0 Å². The molecule has 0 amide bonds. The van der Waals surface area contributed by atoms with Crippen molar-refractivity contribution in [3.63, 3.8) is 0 Å². The van der Waals surface area contributed by atoms with Crippen LogP contribution in [0.3, 0.4) is 0 Å². The second kappa shape index (κ2) is 7.16. The van der Waals surface area contributed by atoms with Crippen molar-refractivity contribution in [1.82, 2.24) is 5.32 Å². The highest BCUT2D eigenvalue weighted by Gasteiger charge is 2.39. The molecule has 0 aromatic carbocycles. The number of hydrogen-bond donors (Lipinski definition) is 2. The van der Waals surface area contributed by atoms with Gasteiger partial charge in [0.1, 0.15) is 0 Å². The Bertz CT molecular complexity index is 245. The van der Waals surface area contributed by atoms with Crippen molar-refractivity contribution in [2.24, 2.45) is 0 Å². The van der Waals surface area contributed by atoms with Gasteiger partial charge < -0.3 is 10.4 Å². The van der Waals surface area contributed by atoms with Crippen LogP contribution in [0.5, 0.6) is 0 Å². The lowest BCUT2D eigenvalue weighted by Gasteiger charge is -2.40. The lowest BCUT2D eigenvalue weighted by atomic mass is 9.82. The van der Waals surface area contributed by atoms with E-state index < -0.39 is 0 Å². The van der Waals surface area contributed by atoms with Gasteiger partial charge in [-0.1, -0.05) is 26.2 Å². The minimum Gasteiger partial charge on any atom is -0.394 e. The van der Waals surface area contributed by atoms with Gasteiger partial charge >= 0.3 is 0 Å². The zero-order chi connectivity index (χ0) is 12.8. The molecular formula is C15H29NOS. The SMILES string of the molecule is CCCCCSC1CCCC(CO)(NC2CC2)C1. The maximum atomic E-state index is 9.77. The highest BCUT2D eigenvalue weighted by Crippen LogP contribution is 2.37. The monoisotopic (exact) mass is 271 g/mol. The Kier molecular flexibility index (Phi) is 5.84. The fourth-order valence-electron chi connectivity index (χ4n) is 3.03. The largest absolute Gasteiger partial charge is 0.394 e. The van der Waals surface area contributed by atoms with Crippen molar-refractivity contribution < 1.29 is 5.11 Å². The van der Waals surface area contributed by atoms with Gasteiger partial charge in [-0.15, -0.1) is 0 Å². The molecule has 2 saturated carbocycles. The topological polar surface area (TPSA) is 32.3 Å². The third kappa shape index (κ3) is 4.43. The molecule has 3 heteroatoms. The van der Waals surface area contributed by atoms with Gasteiger partial charge in [-0.05, 0) is 44.3 Å². The maximum absolute atomic E-state index is 9.77. The number of hydrogen-bond acceptors (Lipinski definition) is 3. The van der Waals surface area contributed by atoms with E-state index in [2.05, 4.69) is 24.0 Å². The van der Waals surface area contributed by atoms with E-state index in [-0.39, 0.29) is 5.54 Å². The molecular weight excluding hydrogens is 242 g/mol. The van der Waals surface area contributed by atoms with Crippen LogP contribution in [0.2, 0.25) is 0 Å². The molecule has 0 bridgehead atoms. The van der Waals surface area contributed by atoms with Gasteiger partial charge in [0.15, 0.2) is 0 Å². The average Bonchev–Trinajstić information content (AvgIpc) is 3.19. The predicted molar refractivity (Wildman–Crippen MR) is 80.2 cm³/mol. The summed E-state index contributed by atoms with van der Waals surface area (Å²) in [5, 5.41) is 14.3. The quantitative estimate of drug-likeness (QED) is 0.664. The van der Waals surface area contributed by atoms with Crippen LogP contribution >= 0.6 is 11.8 Å². The molecule has 2 N–H and O–H groups in total. The van der Waals surface area contributed by atoms with Gasteiger partial charge in [0.25, 0.3) is 0 Å². The summed E-state index contributed by atoms with van der Waals surface area (Å²) in [6.45, 7) is 2.59. The van der Waals surface area contributed by atoms with Crippen LogP contribution in [-0.2, 0) is 0 Å². The van der Waals surface area contributed by atoms with Gasteiger partial charge in [-0.2, -0.15) is 11.8 Å². The van der Waals surface area contributed by atoms with Gasteiger partial charge in [-0.25, -0.2) is 0 Å². The first-order chi connectivity index (χ1) is 8.78. The summed E-state index contributed by atoms with van der Waals surface area (Å²) in [6, 6.07) is 0.709. The Labute approximate surface area is 116 Å². The normalized spacial score (nSPS) is 32.7. The van der Waals surface area contributed by atoms with E-state index in [0.29, 0.717) is 12.6 Å². The lowest BCUT2D eigenvalue weighted by molar-refractivity contribution is 0.122. The second-order valence-corrected chi connectivity index (χ2v) is 7.56. The van der Waals surface area contributed by atoms with Gasteiger partial charge in [0.05, 0.1) is 6.61 Å². The smallest absolute Gasteiger partial charge is 0.0613 e. The first kappa shape index (κ1) is 14.7. The van der Waals surface area contributed by atoms with E-state index in [4.69, 9.17) is 0 Å². The molecule has 18 heavy (non-hydrogen) atoms. The zero-order valence-electron chi connectivity index (χ0n) is 11.8. The number of aliphatic hydroxyl groups excluding tert-OH is 1. The number of rotatable bonds is 8. The molecule has 2 aliphatic rings. The van der Waals surface area contributed by atoms with Crippen LogP contribution < -0.4 is 5.32 Å². The molecule has 0 radical (unpaired) electrons. The Hall–Kier alpha value is 0.270. The Balaban J connectivity index is 1.74. The summed E-state index contributed by atoms with van der Waals surface area (Å²) in [4.78, 5) is 0. The molecule has 2 unspecified atom stereocenters. The molecule has 2 aliphatic carbocycles.